The monoisotopic (exact) mass is 253 g/mol. The van der Waals surface area contributed by atoms with E-state index in [1.165, 1.54) is 0 Å². The maximum Gasteiger partial charge on any atom is 0.151 e. The minimum absolute atomic E-state index is 0.0439. The highest BCUT2D eigenvalue weighted by atomic mass is 32.2. The first kappa shape index (κ1) is 15.3. The van der Waals surface area contributed by atoms with E-state index < -0.39 is 9.84 Å². The first-order valence-corrected chi connectivity index (χ1v) is 8.43. The van der Waals surface area contributed by atoms with Gasteiger partial charge in [-0.1, -0.05) is 13.8 Å². The first-order chi connectivity index (χ1) is 6.91. The summed E-state index contributed by atoms with van der Waals surface area (Å²) in [6, 6.07) is 0.416. The SMILES string of the molecule is CCSCC(C)NC(C)CS(=O)(=O)CC. The molecule has 0 amide bonds. The fraction of sp³-hybridized carbons (Fsp3) is 1.00. The second-order valence-electron chi connectivity index (χ2n) is 3.83. The second kappa shape index (κ2) is 7.52. The first-order valence-electron chi connectivity index (χ1n) is 5.45. The molecule has 0 heterocycles. The normalized spacial score (nSPS) is 16.3. The molecule has 5 heteroatoms. The van der Waals surface area contributed by atoms with Crippen molar-refractivity contribution in [1.82, 2.24) is 5.32 Å². The van der Waals surface area contributed by atoms with Crippen LogP contribution in [0.25, 0.3) is 0 Å². The van der Waals surface area contributed by atoms with Crippen molar-refractivity contribution in [3.8, 4) is 0 Å². The molecule has 0 aliphatic rings. The number of hydrogen-bond acceptors (Lipinski definition) is 4. The zero-order valence-electron chi connectivity index (χ0n) is 10.1. The van der Waals surface area contributed by atoms with Gasteiger partial charge in [0.05, 0.1) is 5.75 Å². The van der Waals surface area contributed by atoms with Gasteiger partial charge in [0.15, 0.2) is 9.84 Å². The zero-order chi connectivity index (χ0) is 11.9. The van der Waals surface area contributed by atoms with Crippen LogP contribution in [0.1, 0.15) is 27.7 Å². The Hall–Kier alpha value is 0.260. The smallest absolute Gasteiger partial charge is 0.151 e. The maximum atomic E-state index is 11.4. The van der Waals surface area contributed by atoms with Crippen molar-refractivity contribution in [3.63, 3.8) is 0 Å². The fourth-order valence-electron chi connectivity index (χ4n) is 1.38. The maximum absolute atomic E-state index is 11.4. The van der Waals surface area contributed by atoms with Gasteiger partial charge in [-0.05, 0) is 19.6 Å². The molecule has 0 saturated carbocycles. The lowest BCUT2D eigenvalue weighted by molar-refractivity contribution is 0.514. The molecule has 0 aliphatic carbocycles. The Balaban J connectivity index is 3.87. The number of hydrogen-bond donors (Lipinski definition) is 1. The molecule has 15 heavy (non-hydrogen) atoms. The molecule has 3 nitrogen and oxygen atoms in total. The van der Waals surface area contributed by atoms with Crippen LogP contribution in [-0.2, 0) is 9.84 Å². The van der Waals surface area contributed by atoms with Crippen molar-refractivity contribution in [2.24, 2.45) is 0 Å². The molecule has 0 rings (SSSR count). The van der Waals surface area contributed by atoms with Crippen LogP contribution in [0.2, 0.25) is 0 Å². The third-order valence-electron chi connectivity index (χ3n) is 2.08. The summed E-state index contributed by atoms with van der Waals surface area (Å²) in [6.07, 6.45) is 0. The molecule has 0 aromatic heterocycles. The average molecular weight is 253 g/mol. The summed E-state index contributed by atoms with van der Waals surface area (Å²) >= 11 is 1.87. The molecule has 0 aromatic carbocycles. The van der Waals surface area contributed by atoms with Gasteiger partial charge in [-0.25, -0.2) is 8.42 Å². The zero-order valence-corrected chi connectivity index (χ0v) is 11.7. The molecule has 2 atom stereocenters. The predicted molar refractivity (Wildman–Crippen MR) is 69.4 cm³/mol. The summed E-state index contributed by atoms with van der Waals surface area (Å²) in [5, 5.41) is 3.31. The lowest BCUT2D eigenvalue weighted by Crippen LogP contribution is -2.40. The van der Waals surface area contributed by atoms with Gasteiger partial charge < -0.3 is 5.32 Å². The van der Waals surface area contributed by atoms with Crippen molar-refractivity contribution in [3.05, 3.63) is 0 Å². The third kappa shape index (κ3) is 8.11. The summed E-state index contributed by atoms with van der Waals surface area (Å²) < 4.78 is 22.7. The third-order valence-corrected chi connectivity index (χ3v) is 5.12. The molecule has 0 aliphatic heterocycles. The van der Waals surface area contributed by atoms with Crippen molar-refractivity contribution in [2.75, 3.05) is 23.0 Å². The Morgan fingerprint density at radius 2 is 1.80 bits per heavy atom. The van der Waals surface area contributed by atoms with Crippen LogP contribution in [0, 0.1) is 0 Å². The van der Waals surface area contributed by atoms with Crippen LogP contribution in [0.15, 0.2) is 0 Å². The van der Waals surface area contributed by atoms with Crippen molar-refractivity contribution in [1.29, 1.82) is 0 Å². The van der Waals surface area contributed by atoms with Crippen LogP contribution in [0.4, 0.5) is 0 Å². The van der Waals surface area contributed by atoms with Crippen molar-refractivity contribution in [2.45, 2.75) is 39.8 Å². The number of rotatable bonds is 8. The van der Waals surface area contributed by atoms with E-state index in [1.54, 1.807) is 6.92 Å². The second-order valence-corrected chi connectivity index (χ2v) is 7.54. The number of sulfone groups is 1. The van der Waals surface area contributed by atoms with E-state index in [1.807, 2.05) is 18.7 Å². The van der Waals surface area contributed by atoms with Gasteiger partial charge in [-0.2, -0.15) is 11.8 Å². The summed E-state index contributed by atoms with van der Waals surface area (Å²) in [7, 11) is -2.85. The molecular weight excluding hydrogens is 230 g/mol. The Labute approximate surface area is 98.3 Å². The van der Waals surface area contributed by atoms with E-state index >= 15 is 0 Å². The predicted octanol–water partition coefficient (Wildman–Crippen LogP) is 1.54. The van der Waals surface area contributed by atoms with Crippen LogP contribution in [0.5, 0.6) is 0 Å². The van der Waals surface area contributed by atoms with E-state index in [4.69, 9.17) is 0 Å². The van der Waals surface area contributed by atoms with Gasteiger partial charge >= 0.3 is 0 Å². The molecule has 1 N–H and O–H groups in total. The van der Waals surface area contributed by atoms with Gasteiger partial charge in [0, 0.05) is 23.6 Å². The van der Waals surface area contributed by atoms with E-state index in [0.717, 1.165) is 11.5 Å². The van der Waals surface area contributed by atoms with Crippen LogP contribution in [-0.4, -0.2) is 43.5 Å². The fourth-order valence-corrected chi connectivity index (χ4v) is 3.15. The van der Waals surface area contributed by atoms with Gasteiger partial charge in [0.2, 0.25) is 0 Å². The summed E-state index contributed by atoms with van der Waals surface area (Å²) in [5.74, 6) is 2.61. The van der Waals surface area contributed by atoms with E-state index in [-0.39, 0.29) is 17.5 Å². The minimum Gasteiger partial charge on any atom is -0.310 e. The number of thioether (sulfide) groups is 1. The molecule has 0 spiro atoms. The Morgan fingerprint density at radius 3 is 2.27 bits per heavy atom. The van der Waals surface area contributed by atoms with Gasteiger partial charge in [0.1, 0.15) is 0 Å². The molecule has 0 aromatic rings. The van der Waals surface area contributed by atoms with E-state index in [2.05, 4.69) is 19.2 Å². The van der Waals surface area contributed by atoms with Crippen molar-refractivity contribution >= 4 is 21.6 Å². The summed E-state index contributed by atoms with van der Waals surface area (Å²) in [4.78, 5) is 0. The highest BCUT2D eigenvalue weighted by molar-refractivity contribution is 7.99. The van der Waals surface area contributed by atoms with Crippen molar-refractivity contribution < 1.29 is 8.42 Å². The lowest BCUT2D eigenvalue weighted by atomic mass is 10.3. The van der Waals surface area contributed by atoms with Gasteiger partial charge in [0.25, 0.3) is 0 Å². The molecular formula is C10H23NO2S2. The highest BCUT2D eigenvalue weighted by Crippen LogP contribution is 2.03. The highest BCUT2D eigenvalue weighted by Gasteiger charge is 2.15. The van der Waals surface area contributed by atoms with E-state index in [0.29, 0.717) is 6.04 Å². The van der Waals surface area contributed by atoms with Gasteiger partial charge in [-0.15, -0.1) is 0 Å². The largest absolute Gasteiger partial charge is 0.310 e. The molecule has 0 fully saturated rings. The Bertz CT molecular complexity index is 252. The van der Waals surface area contributed by atoms with Crippen LogP contribution in [0.3, 0.4) is 0 Å². The van der Waals surface area contributed by atoms with Crippen LogP contribution >= 0.6 is 11.8 Å². The molecule has 0 radical (unpaired) electrons. The minimum atomic E-state index is -2.85. The quantitative estimate of drug-likeness (QED) is 0.713. The number of nitrogens with one attached hydrogen (secondary N) is 1. The Morgan fingerprint density at radius 1 is 1.20 bits per heavy atom. The average Bonchev–Trinajstić information content (AvgIpc) is 2.13. The molecule has 0 saturated heterocycles. The molecule has 92 valence electrons. The van der Waals surface area contributed by atoms with Gasteiger partial charge in [-0.3, -0.25) is 0 Å². The molecule has 0 bridgehead atoms. The molecule has 2 unspecified atom stereocenters. The summed E-state index contributed by atoms with van der Waals surface area (Å²) in [5.41, 5.74) is 0. The summed E-state index contributed by atoms with van der Waals surface area (Å²) in [6.45, 7) is 7.85. The van der Waals surface area contributed by atoms with E-state index in [9.17, 15) is 8.42 Å². The topological polar surface area (TPSA) is 46.2 Å². The Kier molecular flexibility index (Phi) is 7.65. The lowest BCUT2D eigenvalue weighted by Gasteiger charge is -2.19. The van der Waals surface area contributed by atoms with Crippen LogP contribution < -0.4 is 5.32 Å². The standard InChI is InChI=1S/C10H23NO2S2/c1-5-14-7-9(3)11-10(4)8-15(12,13)6-2/h9-11H,5-8H2,1-4H3.